The first kappa shape index (κ1) is 23.3. The average Bonchev–Trinajstić information content (AvgIpc) is 3.40. The molecule has 176 valence electrons. The highest BCUT2D eigenvalue weighted by molar-refractivity contribution is 14.1. The molecule has 0 spiro atoms. The van der Waals surface area contributed by atoms with Crippen molar-refractivity contribution in [2.24, 2.45) is 4.99 Å². The second-order valence-corrected chi connectivity index (χ2v) is 9.89. The van der Waals surface area contributed by atoms with Gasteiger partial charge >= 0.3 is 0 Å². The number of nitrogens with zero attached hydrogens (tertiary/aromatic N) is 2. The van der Waals surface area contributed by atoms with Gasteiger partial charge in [-0.05, 0) is 71.5 Å². The molecule has 3 heterocycles. The van der Waals surface area contributed by atoms with Crippen molar-refractivity contribution in [3.8, 4) is 5.75 Å². The molecule has 1 N–H and O–H groups in total. The molecule has 1 aliphatic heterocycles. The van der Waals surface area contributed by atoms with E-state index in [0.717, 1.165) is 9.33 Å². The van der Waals surface area contributed by atoms with Crippen LogP contribution in [0.15, 0.2) is 92.2 Å². The Balaban J connectivity index is 1.69. The van der Waals surface area contributed by atoms with Gasteiger partial charge in [-0.2, -0.15) is 0 Å². The van der Waals surface area contributed by atoms with E-state index in [1.807, 2.05) is 66.7 Å². The molecule has 2 aromatic heterocycles. The van der Waals surface area contributed by atoms with Crippen molar-refractivity contribution >= 4 is 51.6 Å². The zero-order valence-electron chi connectivity index (χ0n) is 18.8. The Kier molecular flexibility index (Phi) is 6.44. The maximum atomic E-state index is 13.6. The number of rotatable bonds is 5. The van der Waals surface area contributed by atoms with Crippen LogP contribution in [0.3, 0.4) is 0 Å². The zero-order chi connectivity index (χ0) is 24.5. The number of allylic oxidation sites excluding steroid dienone is 1. The summed E-state index contributed by atoms with van der Waals surface area (Å²) in [6, 6.07) is 19.6. The van der Waals surface area contributed by atoms with Crippen LogP contribution in [-0.2, 0) is 4.79 Å². The Labute approximate surface area is 218 Å². The molecule has 0 saturated heterocycles. The lowest BCUT2D eigenvalue weighted by atomic mass is 9.95. The van der Waals surface area contributed by atoms with Gasteiger partial charge in [-0.15, -0.1) is 0 Å². The van der Waals surface area contributed by atoms with E-state index in [-0.39, 0.29) is 11.5 Å². The monoisotopic (exact) mass is 597 g/mol. The van der Waals surface area contributed by atoms with Gasteiger partial charge in [-0.25, -0.2) is 4.99 Å². The Morgan fingerprint density at radius 3 is 2.69 bits per heavy atom. The van der Waals surface area contributed by atoms with Crippen LogP contribution in [0.5, 0.6) is 5.75 Å². The number of anilines is 1. The predicted molar refractivity (Wildman–Crippen MR) is 143 cm³/mol. The number of ether oxygens (including phenoxy) is 1. The minimum Gasteiger partial charge on any atom is -0.497 e. The van der Waals surface area contributed by atoms with Gasteiger partial charge in [0.15, 0.2) is 8.57 Å². The highest BCUT2D eigenvalue weighted by Gasteiger charge is 2.32. The van der Waals surface area contributed by atoms with Gasteiger partial charge in [0.2, 0.25) is 0 Å². The van der Waals surface area contributed by atoms with E-state index < -0.39 is 6.04 Å². The summed E-state index contributed by atoms with van der Waals surface area (Å²) in [6.07, 6.45) is 1.71. The van der Waals surface area contributed by atoms with E-state index in [0.29, 0.717) is 37.8 Å². The third kappa shape index (κ3) is 4.61. The number of hydrogen-bond acceptors (Lipinski definition) is 6. The fourth-order valence-corrected chi connectivity index (χ4v) is 5.45. The molecule has 0 bridgehead atoms. The number of furan rings is 1. The number of amides is 1. The number of para-hydroxylation sites is 1. The number of halogens is 1. The number of carbonyl (C=O) groups excluding carboxylic acids is 1. The number of benzene rings is 2. The molecule has 1 atom stereocenters. The number of hydrogen-bond donors (Lipinski definition) is 1. The van der Waals surface area contributed by atoms with Crippen molar-refractivity contribution in [3.05, 3.63) is 113 Å². The molecule has 2 aromatic carbocycles. The van der Waals surface area contributed by atoms with Crippen molar-refractivity contribution < 1.29 is 13.9 Å². The fraction of sp³-hybridized carbons (Fsp3) is 0.115. The molecule has 1 amide bonds. The van der Waals surface area contributed by atoms with E-state index >= 15 is 0 Å². The van der Waals surface area contributed by atoms with Crippen LogP contribution in [0.25, 0.3) is 6.08 Å². The number of aromatic nitrogens is 1. The molecule has 35 heavy (non-hydrogen) atoms. The summed E-state index contributed by atoms with van der Waals surface area (Å²) in [4.78, 5) is 32.4. The topological polar surface area (TPSA) is 85.8 Å². The summed E-state index contributed by atoms with van der Waals surface area (Å²) < 4.78 is 13.8. The lowest BCUT2D eigenvalue weighted by Crippen LogP contribution is -2.40. The van der Waals surface area contributed by atoms with E-state index in [1.54, 1.807) is 24.7 Å². The van der Waals surface area contributed by atoms with Gasteiger partial charge in [-0.3, -0.25) is 14.2 Å². The second kappa shape index (κ2) is 9.67. The summed E-state index contributed by atoms with van der Waals surface area (Å²) >= 11 is 3.34. The second-order valence-electron chi connectivity index (χ2n) is 7.82. The van der Waals surface area contributed by atoms with Crippen molar-refractivity contribution in [1.82, 2.24) is 4.57 Å². The summed E-state index contributed by atoms with van der Waals surface area (Å²) in [7, 11) is 1.58. The zero-order valence-corrected chi connectivity index (χ0v) is 21.8. The third-order valence-corrected chi connectivity index (χ3v) is 7.14. The number of methoxy groups -OCH3 is 1. The minimum absolute atomic E-state index is 0.245. The van der Waals surface area contributed by atoms with Crippen LogP contribution in [0, 0.1) is 3.77 Å². The van der Waals surface area contributed by atoms with Crippen molar-refractivity contribution in [1.29, 1.82) is 0 Å². The Morgan fingerprint density at radius 1 is 1.17 bits per heavy atom. The van der Waals surface area contributed by atoms with Crippen LogP contribution < -0.4 is 24.9 Å². The number of thiazole rings is 1. The van der Waals surface area contributed by atoms with E-state index in [9.17, 15) is 9.59 Å². The lowest BCUT2D eigenvalue weighted by Gasteiger charge is -2.25. The average molecular weight is 597 g/mol. The summed E-state index contributed by atoms with van der Waals surface area (Å²) in [5.41, 5.74) is 2.11. The summed E-state index contributed by atoms with van der Waals surface area (Å²) in [6.45, 7) is 1.79. The van der Waals surface area contributed by atoms with Gasteiger partial charge < -0.3 is 14.5 Å². The van der Waals surface area contributed by atoms with Gasteiger partial charge in [0.25, 0.3) is 11.5 Å². The van der Waals surface area contributed by atoms with Gasteiger partial charge in [0.1, 0.15) is 11.5 Å². The molecule has 1 aliphatic rings. The van der Waals surface area contributed by atoms with Crippen molar-refractivity contribution in [2.45, 2.75) is 13.0 Å². The first-order valence-corrected chi connectivity index (χ1v) is 12.6. The van der Waals surface area contributed by atoms with Gasteiger partial charge in [0.05, 0.1) is 29.0 Å². The minimum atomic E-state index is -0.677. The molecule has 0 saturated carbocycles. The lowest BCUT2D eigenvalue weighted by molar-refractivity contribution is -0.113. The summed E-state index contributed by atoms with van der Waals surface area (Å²) in [5, 5.41) is 2.95. The quantitative estimate of drug-likeness (QED) is 0.352. The molecule has 7 nitrogen and oxygen atoms in total. The highest BCUT2D eigenvalue weighted by Crippen LogP contribution is 2.32. The van der Waals surface area contributed by atoms with Gasteiger partial charge in [0, 0.05) is 11.8 Å². The predicted octanol–water partition coefficient (Wildman–Crippen LogP) is 4.08. The standard InChI is InChI=1S/C26H20IN3O4S/c1-15-22(24(31)29-17-8-4-3-5-9-17)23(16-7-6-10-18(13-16)33-2)30-25(32)20(35-26(30)28-15)14-19-11-12-21(27)34-19/h3-14,23H,1-2H3,(H,29,31)/b20-14-/t23-/m1/s1. The first-order valence-electron chi connectivity index (χ1n) is 10.7. The van der Waals surface area contributed by atoms with E-state index in [2.05, 4.69) is 32.9 Å². The Hall–Kier alpha value is -3.44. The molecule has 5 rings (SSSR count). The largest absolute Gasteiger partial charge is 0.497 e. The molecule has 0 unspecified atom stereocenters. The molecule has 4 aromatic rings. The maximum absolute atomic E-state index is 13.6. The molecule has 0 aliphatic carbocycles. The first-order chi connectivity index (χ1) is 16.9. The van der Waals surface area contributed by atoms with Gasteiger partial charge in [-0.1, -0.05) is 41.7 Å². The van der Waals surface area contributed by atoms with Crippen LogP contribution in [0.1, 0.15) is 24.3 Å². The smallest absolute Gasteiger partial charge is 0.271 e. The number of fused-ring (bicyclic) bond motifs is 1. The Morgan fingerprint density at radius 2 is 1.97 bits per heavy atom. The van der Waals surface area contributed by atoms with E-state index in [4.69, 9.17) is 9.15 Å². The van der Waals surface area contributed by atoms with E-state index in [1.165, 1.54) is 11.3 Å². The molecular formula is C26H20IN3O4S. The highest BCUT2D eigenvalue weighted by atomic mass is 127. The van der Waals surface area contributed by atoms with Crippen LogP contribution in [0.4, 0.5) is 5.69 Å². The Bertz CT molecular complexity index is 1630. The summed E-state index contributed by atoms with van der Waals surface area (Å²) in [5.74, 6) is 0.891. The molecular weight excluding hydrogens is 577 g/mol. The number of carbonyl (C=O) groups is 1. The van der Waals surface area contributed by atoms with Crippen molar-refractivity contribution in [2.75, 3.05) is 12.4 Å². The van der Waals surface area contributed by atoms with Crippen molar-refractivity contribution in [3.63, 3.8) is 0 Å². The number of nitrogens with one attached hydrogen (secondary N) is 1. The SMILES string of the molecule is COc1cccc([C@@H]2C(C(=O)Nc3ccccc3)=C(C)N=c3s/c(=C\c4ccc(I)o4)c(=O)n32)c1. The molecule has 0 fully saturated rings. The fourth-order valence-electron chi connectivity index (χ4n) is 3.99. The maximum Gasteiger partial charge on any atom is 0.271 e. The normalized spacial score (nSPS) is 15.5. The van der Waals surface area contributed by atoms with Crippen LogP contribution in [-0.4, -0.2) is 17.6 Å². The molecule has 9 heteroatoms. The van der Waals surface area contributed by atoms with Crippen LogP contribution in [0.2, 0.25) is 0 Å². The molecule has 0 radical (unpaired) electrons. The van der Waals surface area contributed by atoms with Crippen LogP contribution >= 0.6 is 33.9 Å². The third-order valence-electron chi connectivity index (χ3n) is 5.57.